The highest BCUT2D eigenvalue weighted by Gasteiger charge is 2.39. The molecule has 1 N–H and O–H groups in total. The Morgan fingerprint density at radius 1 is 1.05 bits per heavy atom. The van der Waals surface area contributed by atoms with Crippen molar-refractivity contribution in [1.82, 2.24) is 10.2 Å². The molecule has 19 heavy (non-hydrogen) atoms. The van der Waals surface area contributed by atoms with Gasteiger partial charge in [-0.3, -0.25) is 0 Å². The van der Waals surface area contributed by atoms with E-state index >= 15 is 0 Å². The van der Waals surface area contributed by atoms with Crippen molar-refractivity contribution in [3.05, 3.63) is 0 Å². The van der Waals surface area contributed by atoms with Crippen LogP contribution in [0.5, 0.6) is 0 Å². The zero-order valence-corrected chi connectivity index (χ0v) is 13.7. The zero-order valence-electron chi connectivity index (χ0n) is 13.7. The molecule has 0 saturated heterocycles. The van der Waals surface area contributed by atoms with Crippen molar-refractivity contribution in [1.29, 1.82) is 0 Å². The van der Waals surface area contributed by atoms with Crippen LogP contribution in [0.2, 0.25) is 0 Å². The number of rotatable bonds is 6. The van der Waals surface area contributed by atoms with Gasteiger partial charge in [0.25, 0.3) is 0 Å². The standard InChI is InChI=1S/C17H34N2/c1-6-7-18-16-9-12(2)8-14(4)17(16)19(5)11-15-10-13(15)3/h12-18H,6-11H2,1-5H3. The van der Waals surface area contributed by atoms with E-state index in [0.717, 1.165) is 29.7 Å². The second-order valence-electron chi connectivity index (χ2n) is 7.52. The topological polar surface area (TPSA) is 15.3 Å². The Morgan fingerprint density at radius 2 is 1.74 bits per heavy atom. The first-order chi connectivity index (χ1) is 9.02. The van der Waals surface area contributed by atoms with E-state index in [-0.39, 0.29) is 0 Å². The van der Waals surface area contributed by atoms with Crippen molar-refractivity contribution < 1.29 is 0 Å². The van der Waals surface area contributed by atoms with Gasteiger partial charge in [0.15, 0.2) is 0 Å². The number of nitrogens with zero attached hydrogens (tertiary/aromatic N) is 1. The normalized spacial score (nSPS) is 42.6. The molecule has 0 aromatic rings. The molecule has 0 aliphatic heterocycles. The molecule has 2 saturated carbocycles. The van der Waals surface area contributed by atoms with Gasteiger partial charge in [0.2, 0.25) is 0 Å². The van der Waals surface area contributed by atoms with Gasteiger partial charge in [0.1, 0.15) is 0 Å². The third-order valence-electron chi connectivity index (χ3n) is 5.39. The molecule has 0 radical (unpaired) electrons. The Labute approximate surface area is 120 Å². The molecule has 2 fully saturated rings. The first kappa shape index (κ1) is 15.3. The van der Waals surface area contributed by atoms with Crippen LogP contribution in [0.15, 0.2) is 0 Å². The Kier molecular flexibility index (Phi) is 5.30. The van der Waals surface area contributed by atoms with Gasteiger partial charge in [-0.15, -0.1) is 0 Å². The van der Waals surface area contributed by atoms with Gasteiger partial charge >= 0.3 is 0 Å². The molecular weight excluding hydrogens is 232 g/mol. The van der Waals surface area contributed by atoms with Crippen molar-refractivity contribution in [3.8, 4) is 0 Å². The average molecular weight is 266 g/mol. The van der Waals surface area contributed by atoms with E-state index in [1.165, 1.54) is 38.8 Å². The summed E-state index contributed by atoms with van der Waals surface area (Å²) in [5, 5.41) is 3.83. The molecule has 0 spiro atoms. The van der Waals surface area contributed by atoms with E-state index < -0.39 is 0 Å². The maximum atomic E-state index is 3.83. The second-order valence-corrected chi connectivity index (χ2v) is 7.52. The van der Waals surface area contributed by atoms with E-state index in [1.54, 1.807) is 0 Å². The maximum Gasteiger partial charge on any atom is 0.0272 e. The van der Waals surface area contributed by atoms with E-state index in [4.69, 9.17) is 0 Å². The molecule has 0 bridgehead atoms. The lowest BCUT2D eigenvalue weighted by atomic mass is 9.76. The summed E-state index contributed by atoms with van der Waals surface area (Å²) in [6.45, 7) is 12.1. The summed E-state index contributed by atoms with van der Waals surface area (Å²) < 4.78 is 0. The third-order valence-corrected chi connectivity index (χ3v) is 5.39. The summed E-state index contributed by atoms with van der Waals surface area (Å²) >= 11 is 0. The van der Waals surface area contributed by atoms with Crippen LogP contribution in [0.3, 0.4) is 0 Å². The van der Waals surface area contributed by atoms with Crippen LogP contribution in [0.4, 0.5) is 0 Å². The van der Waals surface area contributed by atoms with Crippen LogP contribution < -0.4 is 5.32 Å². The van der Waals surface area contributed by atoms with Crippen LogP contribution in [-0.2, 0) is 0 Å². The smallest absolute Gasteiger partial charge is 0.0272 e. The molecule has 0 aromatic heterocycles. The fourth-order valence-corrected chi connectivity index (χ4v) is 4.26. The lowest BCUT2D eigenvalue weighted by Crippen LogP contribution is -2.56. The molecule has 2 rings (SSSR count). The Bertz CT molecular complexity index is 278. The quantitative estimate of drug-likeness (QED) is 0.793. The fourth-order valence-electron chi connectivity index (χ4n) is 4.26. The van der Waals surface area contributed by atoms with Crippen molar-refractivity contribution in [2.24, 2.45) is 23.7 Å². The van der Waals surface area contributed by atoms with Gasteiger partial charge in [-0.1, -0.05) is 27.7 Å². The zero-order chi connectivity index (χ0) is 14.0. The van der Waals surface area contributed by atoms with Crippen molar-refractivity contribution in [2.45, 2.75) is 65.5 Å². The van der Waals surface area contributed by atoms with Crippen LogP contribution >= 0.6 is 0 Å². The van der Waals surface area contributed by atoms with Crippen LogP contribution in [-0.4, -0.2) is 37.1 Å². The molecule has 0 heterocycles. The highest BCUT2D eigenvalue weighted by molar-refractivity contribution is 4.95. The van der Waals surface area contributed by atoms with E-state index in [0.29, 0.717) is 6.04 Å². The molecule has 2 nitrogen and oxygen atoms in total. The van der Waals surface area contributed by atoms with Crippen LogP contribution in [0, 0.1) is 23.7 Å². The molecule has 0 amide bonds. The minimum Gasteiger partial charge on any atom is -0.312 e. The van der Waals surface area contributed by atoms with Crippen molar-refractivity contribution >= 4 is 0 Å². The van der Waals surface area contributed by atoms with Gasteiger partial charge in [-0.05, 0) is 62.9 Å². The molecule has 2 heteroatoms. The fraction of sp³-hybridized carbons (Fsp3) is 1.00. The summed E-state index contributed by atoms with van der Waals surface area (Å²) in [6, 6.07) is 1.45. The van der Waals surface area contributed by atoms with E-state index in [2.05, 4.69) is 45.0 Å². The predicted molar refractivity (Wildman–Crippen MR) is 83.3 cm³/mol. The maximum absolute atomic E-state index is 3.83. The van der Waals surface area contributed by atoms with Gasteiger partial charge in [-0.25, -0.2) is 0 Å². The van der Waals surface area contributed by atoms with Crippen LogP contribution in [0.1, 0.15) is 53.4 Å². The molecule has 2 aliphatic carbocycles. The monoisotopic (exact) mass is 266 g/mol. The van der Waals surface area contributed by atoms with Crippen molar-refractivity contribution in [2.75, 3.05) is 20.1 Å². The molecule has 0 aromatic carbocycles. The molecule has 112 valence electrons. The largest absolute Gasteiger partial charge is 0.312 e. The van der Waals surface area contributed by atoms with Crippen LogP contribution in [0.25, 0.3) is 0 Å². The molecule has 2 aliphatic rings. The Morgan fingerprint density at radius 3 is 2.32 bits per heavy atom. The highest BCUT2D eigenvalue weighted by atomic mass is 15.2. The van der Waals surface area contributed by atoms with E-state index in [9.17, 15) is 0 Å². The summed E-state index contributed by atoms with van der Waals surface area (Å²) in [5.41, 5.74) is 0. The highest BCUT2D eigenvalue weighted by Crippen LogP contribution is 2.40. The lowest BCUT2D eigenvalue weighted by Gasteiger charge is -2.45. The van der Waals surface area contributed by atoms with Crippen molar-refractivity contribution in [3.63, 3.8) is 0 Å². The van der Waals surface area contributed by atoms with Gasteiger partial charge in [0.05, 0.1) is 0 Å². The first-order valence-electron chi connectivity index (χ1n) is 8.46. The molecule has 6 atom stereocenters. The SMILES string of the molecule is CCCNC1CC(C)CC(C)C1N(C)CC1CC1C. The number of likely N-dealkylation sites (N-methyl/N-ethyl adjacent to an activating group) is 1. The number of nitrogens with one attached hydrogen (secondary N) is 1. The minimum absolute atomic E-state index is 0.706. The Balaban J connectivity index is 1.95. The third kappa shape index (κ3) is 3.95. The molecule has 6 unspecified atom stereocenters. The van der Waals surface area contributed by atoms with Gasteiger partial charge in [-0.2, -0.15) is 0 Å². The second kappa shape index (κ2) is 6.58. The first-order valence-corrected chi connectivity index (χ1v) is 8.46. The van der Waals surface area contributed by atoms with E-state index in [1.807, 2.05) is 0 Å². The number of hydrogen-bond acceptors (Lipinski definition) is 2. The van der Waals surface area contributed by atoms with Gasteiger partial charge in [0, 0.05) is 18.6 Å². The summed E-state index contributed by atoms with van der Waals surface area (Å²) in [6.07, 6.45) is 5.46. The summed E-state index contributed by atoms with van der Waals surface area (Å²) in [4.78, 5) is 2.68. The lowest BCUT2D eigenvalue weighted by molar-refractivity contribution is 0.0763. The number of hydrogen-bond donors (Lipinski definition) is 1. The van der Waals surface area contributed by atoms with Gasteiger partial charge < -0.3 is 10.2 Å². The summed E-state index contributed by atoms with van der Waals surface area (Å²) in [7, 11) is 2.36. The molecular formula is C17H34N2. The Hall–Kier alpha value is -0.0800. The summed E-state index contributed by atoms with van der Waals surface area (Å²) in [5.74, 6) is 3.66. The minimum atomic E-state index is 0.706. The average Bonchev–Trinajstić information content (AvgIpc) is 3.01. The predicted octanol–water partition coefficient (Wildman–Crippen LogP) is 3.38.